The molecule has 0 aromatic heterocycles. The molecule has 1 rings (SSSR count). The maximum Gasteiger partial charge on any atom is 0.336 e. The predicted octanol–water partition coefficient (Wildman–Crippen LogP) is 0.562. The standard InChI is InChI=1S/C12H14N2O5/c13-7-3-4-8(9(6-7)12(18)19)11(17)14-5-1-2-10(15)16/h3-4,6H,1-2,5,13H2,(H,14,17)(H,15,16)(H,18,19). The fraction of sp³-hybridized carbons (Fsp3) is 0.250. The average molecular weight is 266 g/mol. The van der Waals surface area contributed by atoms with E-state index in [1.165, 1.54) is 18.2 Å². The van der Waals surface area contributed by atoms with Crippen LogP contribution in [0.2, 0.25) is 0 Å². The number of nitrogen functional groups attached to an aromatic ring is 1. The van der Waals surface area contributed by atoms with Gasteiger partial charge in [0.1, 0.15) is 0 Å². The van der Waals surface area contributed by atoms with Gasteiger partial charge in [-0.2, -0.15) is 0 Å². The molecule has 0 fully saturated rings. The lowest BCUT2D eigenvalue weighted by Gasteiger charge is -2.08. The van der Waals surface area contributed by atoms with Crippen molar-refractivity contribution in [2.45, 2.75) is 12.8 Å². The van der Waals surface area contributed by atoms with Crippen LogP contribution in [0.3, 0.4) is 0 Å². The molecule has 7 heteroatoms. The normalized spacial score (nSPS) is 9.89. The highest BCUT2D eigenvalue weighted by Crippen LogP contribution is 2.13. The number of carbonyl (C=O) groups is 3. The van der Waals surface area contributed by atoms with E-state index in [1.807, 2.05) is 0 Å². The van der Waals surface area contributed by atoms with Crippen molar-refractivity contribution in [2.24, 2.45) is 0 Å². The van der Waals surface area contributed by atoms with Crippen molar-refractivity contribution in [3.63, 3.8) is 0 Å². The van der Waals surface area contributed by atoms with Crippen molar-refractivity contribution in [2.75, 3.05) is 12.3 Å². The minimum atomic E-state index is -1.25. The van der Waals surface area contributed by atoms with Gasteiger partial charge < -0.3 is 21.3 Å². The molecule has 19 heavy (non-hydrogen) atoms. The smallest absolute Gasteiger partial charge is 0.336 e. The van der Waals surface area contributed by atoms with Crippen LogP contribution in [-0.4, -0.2) is 34.6 Å². The maximum absolute atomic E-state index is 11.8. The van der Waals surface area contributed by atoms with E-state index in [0.29, 0.717) is 0 Å². The van der Waals surface area contributed by atoms with Gasteiger partial charge in [0.05, 0.1) is 11.1 Å². The van der Waals surface area contributed by atoms with E-state index in [4.69, 9.17) is 15.9 Å². The fourth-order valence-electron chi connectivity index (χ4n) is 1.47. The number of carboxylic acid groups (broad SMARTS) is 2. The Kier molecular flexibility index (Phi) is 4.87. The lowest BCUT2D eigenvalue weighted by atomic mass is 10.1. The van der Waals surface area contributed by atoms with Gasteiger partial charge in [-0.3, -0.25) is 9.59 Å². The van der Waals surface area contributed by atoms with E-state index >= 15 is 0 Å². The maximum atomic E-state index is 11.8. The monoisotopic (exact) mass is 266 g/mol. The lowest BCUT2D eigenvalue weighted by molar-refractivity contribution is -0.137. The van der Waals surface area contributed by atoms with Crippen LogP contribution in [0.25, 0.3) is 0 Å². The number of hydrogen-bond acceptors (Lipinski definition) is 4. The van der Waals surface area contributed by atoms with Crippen molar-refractivity contribution in [3.05, 3.63) is 29.3 Å². The van der Waals surface area contributed by atoms with Gasteiger partial charge in [0.25, 0.3) is 5.91 Å². The van der Waals surface area contributed by atoms with Gasteiger partial charge in [0.2, 0.25) is 0 Å². The SMILES string of the molecule is Nc1ccc(C(=O)NCCCC(=O)O)c(C(=O)O)c1. The molecule has 7 nitrogen and oxygen atoms in total. The topological polar surface area (TPSA) is 130 Å². The molecule has 0 saturated carbocycles. The van der Waals surface area contributed by atoms with Crippen LogP contribution < -0.4 is 11.1 Å². The highest BCUT2D eigenvalue weighted by atomic mass is 16.4. The fourth-order valence-corrected chi connectivity index (χ4v) is 1.47. The summed E-state index contributed by atoms with van der Waals surface area (Å²) in [7, 11) is 0. The number of carboxylic acids is 2. The summed E-state index contributed by atoms with van der Waals surface area (Å²) in [6.07, 6.45) is 0.215. The summed E-state index contributed by atoms with van der Waals surface area (Å²) < 4.78 is 0. The van der Waals surface area contributed by atoms with Crippen molar-refractivity contribution in [1.29, 1.82) is 0 Å². The van der Waals surface area contributed by atoms with Crippen LogP contribution in [0.15, 0.2) is 18.2 Å². The summed E-state index contributed by atoms with van der Waals surface area (Å²) in [5.74, 6) is -2.77. The third kappa shape index (κ3) is 4.30. The molecule has 0 aliphatic rings. The second-order valence-corrected chi connectivity index (χ2v) is 3.86. The highest BCUT2D eigenvalue weighted by Gasteiger charge is 2.16. The lowest BCUT2D eigenvalue weighted by Crippen LogP contribution is -2.26. The Morgan fingerprint density at radius 1 is 1.16 bits per heavy atom. The zero-order valence-electron chi connectivity index (χ0n) is 10.0. The Balaban J connectivity index is 2.71. The Labute approximate surface area is 109 Å². The van der Waals surface area contributed by atoms with E-state index in [9.17, 15) is 14.4 Å². The van der Waals surface area contributed by atoms with Crippen LogP contribution in [0, 0.1) is 0 Å². The van der Waals surface area contributed by atoms with Crippen molar-refractivity contribution in [3.8, 4) is 0 Å². The Morgan fingerprint density at radius 3 is 2.42 bits per heavy atom. The zero-order chi connectivity index (χ0) is 14.4. The number of aliphatic carboxylic acids is 1. The number of anilines is 1. The summed E-state index contributed by atoms with van der Waals surface area (Å²) in [6.45, 7) is 0.161. The number of nitrogens with two attached hydrogens (primary N) is 1. The number of carbonyl (C=O) groups excluding carboxylic acids is 1. The molecule has 0 aliphatic heterocycles. The van der Waals surface area contributed by atoms with Gasteiger partial charge >= 0.3 is 11.9 Å². The first-order valence-electron chi connectivity index (χ1n) is 5.54. The van der Waals surface area contributed by atoms with E-state index < -0.39 is 17.8 Å². The second-order valence-electron chi connectivity index (χ2n) is 3.86. The molecule has 0 aliphatic carbocycles. The van der Waals surface area contributed by atoms with Crippen LogP contribution in [-0.2, 0) is 4.79 Å². The molecular weight excluding hydrogens is 252 g/mol. The molecule has 0 unspecified atom stereocenters. The molecule has 0 saturated heterocycles. The minimum absolute atomic E-state index is 0.00275. The summed E-state index contributed by atoms with van der Waals surface area (Å²) in [5.41, 5.74) is 5.52. The molecule has 5 N–H and O–H groups in total. The number of rotatable bonds is 6. The first kappa shape index (κ1) is 14.5. The number of benzene rings is 1. The van der Waals surface area contributed by atoms with E-state index in [0.717, 1.165) is 0 Å². The molecule has 0 bridgehead atoms. The average Bonchev–Trinajstić information content (AvgIpc) is 2.33. The minimum Gasteiger partial charge on any atom is -0.481 e. The molecule has 102 valence electrons. The number of hydrogen-bond donors (Lipinski definition) is 4. The highest BCUT2D eigenvalue weighted by molar-refractivity contribution is 6.05. The first-order valence-corrected chi connectivity index (χ1v) is 5.54. The van der Waals surface area contributed by atoms with Gasteiger partial charge in [-0.25, -0.2) is 4.79 Å². The van der Waals surface area contributed by atoms with E-state index in [-0.39, 0.29) is 36.2 Å². The second kappa shape index (κ2) is 6.39. The molecule has 0 atom stereocenters. The molecule has 0 spiro atoms. The molecule has 1 aromatic carbocycles. The largest absolute Gasteiger partial charge is 0.481 e. The van der Waals surface area contributed by atoms with E-state index in [1.54, 1.807) is 0 Å². The quantitative estimate of drug-likeness (QED) is 0.439. The van der Waals surface area contributed by atoms with Crippen LogP contribution in [0.4, 0.5) is 5.69 Å². The summed E-state index contributed by atoms with van der Waals surface area (Å²) in [5, 5.41) is 19.9. The molecule has 1 aromatic rings. The zero-order valence-corrected chi connectivity index (χ0v) is 10.0. The predicted molar refractivity (Wildman–Crippen MR) is 67.0 cm³/mol. The van der Waals surface area contributed by atoms with Crippen LogP contribution >= 0.6 is 0 Å². The molecule has 1 amide bonds. The summed E-state index contributed by atoms with van der Waals surface area (Å²) in [4.78, 5) is 33.0. The van der Waals surface area contributed by atoms with Gasteiger partial charge in [-0.05, 0) is 24.6 Å². The van der Waals surface area contributed by atoms with Crippen molar-refractivity contribution < 1.29 is 24.6 Å². The summed E-state index contributed by atoms with van der Waals surface area (Å²) >= 11 is 0. The van der Waals surface area contributed by atoms with Crippen LogP contribution in [0.1, 0.15) is 33.6 Å². The number of nitrogens with one attached hydrogen (secondary N) is 1. The third-order valence-corrected chi connectivity index (χ3v) is 2.37. The van der Waals surface area contributed by atoms with E-state index in [2.05, 4.69) is 5.32 Å². The Morgan fingerprint density at radius 2 is 1.84 bits per heavy atom. The van der Waals surface area contributed by atoms with Crippen molar-refractivity contribution in [1.82, 2.24) is 5.32 Å². The van der Waals surface area contributed by atoms with Gasteiger partial charge in [-0.1, -0.05) is 0 Å². The molecular formula is C12H14N2O5. The summed E-state index contributed by atoms with van der Waals surface area (Å²) in [6, 6.07) is 3.96. The number of amides is 1. The van der Waals surface area contributed by atoms with Gasteiger partial charge in [0.15, 0.2) is 0 Å². The van der Waals surface area contributed by atoms with Crippen molar-refractivity contribution >= 4 is 23.5 Å². The van der Waals surface area contributed by atoms with Gasteiger partial charge in [0, 0.05) is 18.7 Å². The third-order valence-electron chi connectivity index (χ3n) is 2.37. The van der Waals surface area contributed by atoms with Crippen LogP contribution in [0.5, 0.6) is 0 Å². The molecule has 0 heterocycles. The van der Waals surface area contributed by atoms with Gasteiger partial charge in [-0.15, -0.1) is 0 Å². The number of aromatic carboxylic acids is 1. The first-order chi connectivity index (χ1) is 8.91. The molecule has 0 radical (unpaired) electrons. The Hall–Kier alpha value is -2.57. The Bertz CT molecular complexity index is 513.